The van der Waals surface area contributed by atoms with E-state index in [0.29, 0.717) is 0 Å². The van der Waals surface area contributed by atoms with Gasteiger partial charge < -0.3 is 15.0 Å². The SMILES string of the molecule is CC(C)OC(=O)c1cnoc1N. The fourth-order valence-corrected chi connectivity index (χ4v) is 0.679. The molecule has 0 atom stereocenters. The van der Waals surface area contributed by atoms with Gasteiger partial charge in [0.2, 0.25) is 5.88 Å². The third kappa shape index (κ3) is 1.75. The molecule has 1 heterocycles. The van der Waals surface area contributed by atoms with Crippen LogP contribution in [0, 0.1) is 0 Å². The van der Waals surface area contributed by atoms with Crippen molar-refractivity contribution in [1.29, 1.82) is 0 Å². The van der Waals surface area contributed by atoms with Crippen LogP contribution in [0.4, 0.5) is 5.88 Å². The number of carbonyl (C=O) groups excluding carboxylic acids is 1. The number of anilines is 1. The van der Waals surface area contributed by atoms with E-state index >= 15 is 0 Å². The molecule has 66 valence electrons. The smallest absolute Gasteiger partial charge is 0.345 e. The van der Waals surface area contributed by atoms with E-state index in [0.717, 1.165) is 0 Å². The summed E-state index contributed by atoms with van der Waals surface area (Å²) in [7, 11) is 0. The van der Waals surface area contributed by atoms with Crippen LogP contribution >= 0.6 is 0 Å². The van der Waals surface area contributed by atoms with Crippen molar-refractivity contribution in [2.75, 3.05) is 5.73 Å². The van der Waals surface area contributed by atoms with E-state index in [1.54, 1.807) is 13.8 Å². The van der Waals surface area contributed by atoms with Crippen LogP contribution in [-0.4, -0.2) is 17.2 Å². The minimum absolute atomic E-state index is 0.0133. The summed E-state index contributed by atoms with van der Waals surface area (Å²) >= 11 is 0. The topological polar surface area (TPSA) is 78.3 Å². The van der Waals surface area contributed by atoms with Crippen LogP contribution in [-0.2, 0) is 4.74 Å². The maximum Gasteiger partial charge on any atom is 0.345 e. The molecule has 0 aliphatic carbocycles. The zero-order valence-corrected chi connectivity index (χ0v) is 6.90. The second-order valence-corrected chi connectivity index (χ2v) is 2.56. The van der Waals surface area contributed by atoms with Crippen molar-refractivity contribution in [3.63, 3.8) is 0 Å². The van der Waals surface area contributed by atoms with Gasteiger partial charge in [0.15, 0.2) is 0 Å². The van der Waals surface area contributed by atoms with Crippen molar-refractivity contribution in [2.45, 2.75) is 20.0 Å². The molecule has 2 N–H and O–H groups in total. The van der Waals surface area contributed by atoms with Crippen LogP contribution in [0.5, 0.6) is 0 Å². The number of nitrogens with two attached hydrogens (primary N) is 1. The monoisotopic (exact) mass is 170 g/mol. The first-order valence-corrected chi connectivity index (χ1v) is 3.52. The summed E-state index contributed by atoms with van der Waals surface area (Å²) in [5.74, 6) is -0.524. The standard InChI is InChI=1S/C7H10N2O3/c1-4(2)11-7(10)5-3-9-12-6(5)8/h3-4H,8H2,1-2H3. The zero-order valence-electron chi connectivity index (χ0n) is 6.90. The van der Waals surface area contributed by atoms with E-state index in [4.69, 9.17) is 10.5 Å². The first kappa shape index (κ1) is 8.58. The van der Waals surface area contributed by atoms with Gasteiger partial charge in [0.25, 0.3) is 0 Å². The molecule has 0 saturated carbocycles. The van der Waals surface area contributed by atoms with Crippen molar-refractivity contribution >= 4 is 11.9 Å². The molecule has 12 heavy (non-hydrogen) atoms. The third-order valence-corrected chi connectivity index (χ3v) is 1.16. The van der Waals surface area contributed by atoms with Gasteiger partial charge in [-0.25, -0.2) is 4.79 Å². The number of carbonyl (C=O) groups is 1. The molecule has 0 aliphatic heterocycles. The summed E-state index contributed by atoms with van der Waals surface area (Å²) in [5, 5.41) is 3.35. The highest BCUT2D eigenvalue weighted by molar-refractivity contribution is 5.93. The molecule has 1 aromatic rings. The van der Waals surface area contributed by atoms with Crippen LogP contribution in [0.25, 0.3) is 0 Å². The number of esters is 1. The molecule has 1 aromatic heterocycles. The van der Waals surface area contributed by atoms with Gasteiger partial charge in [-0.05, 0) is 13.8 Å². The first-order chi connectivity index (χ1) is 5.61. The zero-order chi connectivity index (χ0) is 9.14. The van der Waals surface area contributed by atoms with Crippen molar-refractivity contribution in [1.82, 2.24) is 5.16 Å². The normalized spacial score (nSPS) is 10.2. The van der Waals surface area contributed by atoms with Crippen LogP contribution < -0.4 is 5.73 Å². The number of hydrogen-bond acceptors (Lipinski definition) is 5. The van der Waals surface area contributed by atoms with Gasteiger partial charge in [0, 0.05) is 0 Å². The van der Waals surface area contributed by atoms with Gasteiger partial charge in [0.05, 0.1) is 12.3 Å². The largest absolute Gasteiger partial charge is 0.459 e. The van der Waals surface area contributed by atoms with Crippen LogP contribution in [0.1, 0.15) is 24.2 Å². The lowest BCUT2D eigenvalue weighted by atomic mass is 10.3. The predicted molar refractivity (Wildman–Crippen MR) is 41.5 cm³/mol. The summed E-state index contributed by atoms with van der Waals surface area (Å²) in [6.07, 6.45) is 1.06. The minimum atomic E-state index is -0.510. The second kappa shape index (κ2) is 3.25. The Hall–Kier alpha value is -1.52. The van der Waals surface area contributed by atoms with Gasteiger partial charge in [-0.3, -0.25) is 0 Å². The molecule has 0 aromatic carbocycles. The van der Waals surface area contributed by atoms with Gasteiger partial charge in [-0.2, -0.15) is 0 Å². The third-order valence-electron chi connectivity index (χ3n) is 1.16. The average molecular weight is 170 g/mol. The number of ether oxygens (including phenoxy) is 1. The molecule has 0 unspecified atom stereocenters. The molecular formula is C7H10N2O3. The Kier molecular flexibility index (Phi) is 2.32. The first-order valence-electron chi connectivity index (χ1n) is 3.52. The number of rotatable bonds is 2. The number of aromatic nitrogens is 1. The fraction of sp³-hybridized carbons (Fsp3) is 0.429. The lowest BCUT2D eigenvalue weighted by molar-refractivity contribution is 0.0379. The van der Waals surface area contributed by atoms with Crippen LogP contribution in [0.2, 0.25) is 0 Å². The minimum Gasteiger partial charge on any atom is -0.459 e. The Balaban J connectivity index is 2.72. The van der Waals surface area contributed by atoms with Crippen molar-refractivity contribution in [3.05, 3.63) is 11.8 Å². The number of nitrogens with zero attached hydrogens (tertiary/aromatic N) is 1. The van der Waals surface area contributed by atoms with E-state index in [-0.39, 0.29) is 17.6 Å². The molecule has 0 fully saturated rings. The fourth-order valence-electron chi connectivity index (χ4n) is 0.679. The molecule has 0 saturated heterocycles. The molecule has 0 bridgehead atoms. The summed E-state index contributed by atoms with van der Waals surface area (Å²) in [6, 6.07) is 0. The van der Waals surface area contributed by atoms with Gasteiger partial charge in [-0.1, -0.05) is 5.16 Å². The Morgan fingerprint density at radius 3 is 2.83 bits per heavy atom. The Bertz CT molecular complexity index is 280. The highest BCUT2D eigenvalue weighted by Crippen LogP contribution is 2.11. The molecular weight excluding hydrogens is 160 g/mol. The molecule has 0 spiro atoms. The predicted octanol–water partition coefficient (Wildman–Crippen LogP) is 0.822. The van der Waals surface area contributed by atoms with E-state index < -0.39 is 5.97 Å². The maximum atomic E-state index is 11.1. The van der Waals surface area contributed by atoms with E-state index in [1.807, 2.05) is 0 Å². The summed E-state index contributed by atoms with van der Waals surface area (Å²) in [4.78, 5) is 11.1. The van der Waals surface area contributed by atoms with Gasteiger partial charge in [0.1, 0.15) is 5.56 Å². The van der Waals surface area contributed by atoms with Crippen LogP contribution in [0.15, 0.2) is 10.7 Å². The second-order valence-electron chi connectivity index (χ2n) is 2.56. The lowest BCUT2D eigenvalue weighted by Crippen LogP contribution is -2.12. The molecule has 5 heteroatoms. The van der Waals surface area contributed by atoms with Gasteiger partial charge in [-0.15, -0.1) is 0 Å². The van der Waals surface area contributed by atoms with Crippen LogP contribution in [0.3, 0.4) is 0 Å². The van der Waals surface area contributed by atoms with E-state index in [2.05, 4.69) is 9.68 Å². The van der Waals surface area contributed by atoms with E-state index in [9.17, 15) is 4.79 Å². The maximum absolute atomic E-state index is 11.1. The molecule has 0 radical (unpaired) electrons. The molecule has 5 nitrogen and oxygen atoms in total. The number of nitrogen functional groups attached to an aromatic ring is 1. The summed E-state index contributed by atoms with van der Waals surface area (Å²) < 4.78 is 9.35. The number of hydrogen-bond donors (Lipinski definition) is 1. The highest BCUT2D eigenvalue weighted by atomic mass is 16.5. The lowest BCUT2D eigenvalue weighted by Gasteiger charge is -2.05. The molecule has 0 amide bonds. The van der Waals surface area contributed by atoms with E-state index in [1.165, 1.54) is 6.20 Å². The Morgan fingerprint density at radius 1 is 1.75 bits per heavy atom. The van der Waals surface area contributed by atoms with Crippen molar-refractivity contribution < 1.29 is 14.1 Å². The molecule has 1 rings (SSSR count). The summed E-state index contributed by atoms with van der Waals surface area (Å²) in [5.41, 5.74) is 5.46. The van der Waals surface area contributed by atoms with Crippen molar-refractivity contribution in [2.24, 2.45) is 0 Å². The highest BCUT2D eigenvalue weighted by Gasteiger charge is 2.15. The van der Waals surface area contributed by atoms with Gasteiger partial charge >= 0.3 is 5.97 Å². The quantitative estimate of drug-likeness (QED) is 0.665. The Morgan fingerprint density at radius 2 is 2.42 bits per heavy atom. The average Bonchev–Trinajstić information content (AvgIpc) is 2.33. The van der Waals surface area contributed by atoms with Crippen molar-refractivity contribution in [3.8, 4) is 0 Å². The Labute approximate surface area is 69.5 Å². The molecule has 0 aliphatic rings. The summed E-state index contributed by atoms with van der Waals surface area (Å²) in [6.45, 7) is 3.50.